The normalized spacial score (nSPS) is 17.8. The minimum absolute atomic E-state index is 0.0701. The topological polar surface area (TPSA) is 116 Å². The smallest absolute Gasteiger partial charge is 0.331 e. The lowest BCUT2D eigenvalue weighted by atomic mass is 10.1. The largest absolute Gasteiger partial charge is 0.457 e. The van der Waals surface area contributed by atoms with Crippen molar-refractivity contribution in [3.63, 3.8) is 0 Å². The average molecular weight is 585 g/mol. The first kappa shape index (κ1) is 27.7. The molecular formula is C31H32N6O4S. The van der Waals surface area contributed by atoms with Gasteiger partial charge in [-0.2, -0.15) is 0 Å². The molecule has 4 aromatic rings. The summed E-state index contributed by atoms with van der Waals surface area (Å²) >= 11 is 1.25. The quantitative estimate of drug-likeness (QED) is 0.255. The van der Waals surface area contributed by atoms with Gasteiger partial charge in [-0.05, 0) is 82.2 Å². The molecule has 3 N–H and O–H groups in total. The summed E-state index contributed by atoms with van der Waals surface area (Å²) in [4.78, 5) is 48.5. The van der Waals surface area contributed by atoms with Crippen LogP contribution < -0.4 is 25.6 Å². The average Bonchev–Trinajstić information content (AvgIpc) is 3.54. The fourth-order valence-corrected chi connectivity index (χ4v) is 6.65. The second kappa shape index (κ2) is 11.4. The molecular weight excluding hydrogens is 552 g/mol. The number of nitrogens with one attached hydrogen (secondary N) is 3. The number of hydrogen-bond acceptors (Lipinski definition) is 7. The van der Waals surface area contributed by atoms with Crippen LogP contribution in [0.15, 0.2) is 60.8 Å². The number of amides is 4. The van der Waals surface area contributed by atoms with Gasteiger partial charge in [0, 0.05) is 18.3 Å². The molecule has 42 heavy (non-hydrogen) atoms. The maximum Gasteiger partial charge on any atom is 0.331 e. The van der Waals surface area contributed by atoms with Gasteiger partial charge in [0.2, 0.25) is 5.91 Å². The number of thiophene rings is 1. The molecule has 0 saturated heterocycles. The number of pyridine rings is 1. The number of ether oxygens (including phenoxy) is 1. The zero-order valence-electron chi connectivity index (χ0n) is 23.6. The molecule has 2 atom stereocenters. The van der Waals surface area contributed by atoms with Gasteiger partial charge in [-0.15, -0.1) is 11.3 Å². The fourth-order valence-electron chi connectivity index (χ4n) is 5.63. The van der Waals surface area contributed by atoms with Crippen molar-refractivity contribution in [3.8, 4) is 11.5 Å². The molecule has 3 heterocycles. The predicted octanol–water partition coefficient (Wildman–Crippen LogP) is 5.41. The van der Waals surface area contributed by atoms with E-state index >= 15 is 0 Å². The minimum Gasteiger partial charge on any atom is -0.457 e. The van der Waals surface area contributed by atoms with Gasteiger partial charge in [0.1, 0.15) is 21.2 Å². The predicted molar refractivity (Wildman–Crippen MR) is 164 cm³/mol. The SMILES string of the molecule is Cc1cc(Oc2ccccc2)ccc1N1C(=O)Nc2c(C(=O)N[C@H]3CCCC3NC(=O)CN(C)C)sc3nccc1c23. The molecule has 6 rings (SSSR count). The Morgan fingerprint density at radius 1 is 1.05 bits per heavy atom. The lowest BCUT2D eigenvalue weighted by molar-refractivity contribution is -0.122. The number of aromatic nitrogens is 1. The summed E-state index contributed by atoms with van der Waals surface area (Å²) in [5.41, 5.74) is 2.67. The van der Waals surface area contributed by atoms with Crippen LogP contribution in [0.4, 0.5) is 21.9 Å². The van der Waals surface area contributed by atoms with Gasteiger partial charge in [-0.3, -0.25) is 14.5 Å². The number of likely N-dealkylation sites (N-methyl/N-ethyl adjacent to an activating group) is 1. The summed E-state index contributed by atoms with van der Waals surface area (Å²) in [5, 5.41) is 9.85. The van der Waals surface area contributed by atoms with Gasteiger partial charge < -0.3 is 25.6 Å². The Hall–Kier alpha value is -4.48. The highest BCUT2D eigenvalue weighted by atomic mass is 32.1. The van der Waals surface area contributed by atoms with Crippen molar-refractivity contribution in [3.05, 3.63) is 71.2 Å². The third-order valence-electron chi connectivity index (χ3n) is 7.48. The van der Waals surface area contributed by atoms with E-state index in [1.807, 2.05) is 74.4 Å². The Morgan fingerprint density at radius 2 is 1.81 bits per heavy atom. The van der Waals surface area contributed by atoms with Crippen LogP contribution in [0, 0.1) is 6.92 Å². The monoisotopic (exact) mass is 584 g/mol. The standard InChI is InChI=1S/C31H32N6O4S/c1-18-16-20(41-19-8-5-4-6-9-19)12-13-23(18)37-24-14-15-32-30-26(24)27(35-31(37)40)28(42-30)29(39)34-22-11-7-10-21(22)33-25(38)17-36(2)3/h4-6,8-9,12-16,21-22H,7,10-11,17H2,1-3H3,(H,33,38)(H,34,39)(H,35,40)/t21?,22-/m0/s1. The lowest BCUT2D eigenvalue weighted by Crippen LogP contribution is -2.50. The van der Waals surface area contributed by atoms with Crippen LogP contribution >= 0.6 is 11.3 Å². The van der Waals surface area contributed by atoms with E-state index in [2.05, 4.69) is 20.9 Å². The van der Waals surface area contributed by atoms with E-state index in [0.717, 1.165) is 36.0 Å². The Balaban J connectivity index is 1.26. The second-order valence-electron chi connectivity index (χ2n) is 10.9. The van der Waals surface area contributed by atoms with Crippen molar-refractivity contribution in [2.45, 2.75) is 38.3 Å². The number of urea groups is 1. The van der Waals surface area contributed by atoms with Crippen molar-refractivity contribution in [1.29, 1.82) is 0 Å². The highest BCUT2D eigenvalue weighted by Gasteiger charge is 2.35. The van der Waals surface area contributed by atoms with E-state index in [-0.39, 0.29) is 36.5 Å². The Morgan fingerprint density at radius 3 is 2.55 bits per heavy atom. The van der Waals surface area contributed by atoms with Crippen LogP contribution in [0.2, 0.25) is 0 Å². The van der Waals surface area contributed by atoms with Crippen molar-refractivity contribution >= 4 is 56.5 Å². The van der Waals surface area contributed by atoms with Gasteiger partial charge in [-0.1, -0.05) is 18.2 Å². The molecule has 1 aliphatic carbocycles. The molecule has 2 aromatic heterocycles. The number of anilines is 3. The van der Waals surface area contributed by atoms with E-state index in [4.69, 9.17) is 4.74 Å². The van der Waals surface area contributed by atoms with Crippen molar-refractivity contribution in [2.24, 2.45) is 0 Å². The van der Waals surface area contributed by atoms with Crippen molar-refractivity contribution in [2.75, 3.05) is 30.9 Å². The first-order chi connectivity index (χ1) is 20.3. The van der Waals surface area contributed by atoms with Crippen molar-refractivity contribution in [1.82, 2.24) is 20.5 Å². The van der Waals surface area contributed by atoms with Crippen LogP contribution in [0.5, 0.6) is 11.5 Å². The minimum atomic E-state index is -0.364. The highest BCUT2D eigenvalue weighted by Crippen LogP contribution is 2.46. The highest BCUT2D eigenvalue weighted by molar-refractivity contribution is 7.21. The molecule has 1 saturated carbocycles. The summed E-state index contributed by atoms with van der Waals surface area (Å²) < 4.78 is 5.97. The van der Waals surface area contributed by atoms with Gasteiger partial charge in [0.15, 0.2) is 0 Å². The zero-order valence-corrected chi connectivity index (χ0v) is 24.5. The number of benzene rings is 2. The number of aryl methyl sites for hydroxylation is 1. The second-order valence-corrected chi connectivity index (χ2v) is 11.9. The molecule has 1 fully saturated rings. The maximum atomic E-state index is 13.6. The van der Waals surface area contributed by atoms with Crippen molar-refractivity contribution < 1.29 is 19.1 Å². The number of carbonyl (C=O) groups is 3. The van der Waals surface area contributed by atoms with E-state index in [0.29, 0.717) is 32.5 Å². The van der Waals surface area contributed by atoms with E-state index in [1.54, 1.807) is 17.2 Å². The van der Waals surface area contributed by atoms with Gasteiger partial charge in [0.05, 0.1) is 29.0 Å². The van der Waals surface area contributed by atoms with Crippen LogP contribution in [-0.2, 0) is 4.79 Å². The number of carbonyl (C=O) groups excluding carboxylic acids is 3. The molecule has 0 radical (unpaired) electrons. The third-order valence-corrected chi connectivity index (χ3v) is 8.58. The van der Waals surface area contributed by atoms with E-state index in [9.17, 15) is 14.4 Å². The molecule has 1 aliphatic heterocycles. The van der Waals surface area contributed by atoms with Gasteiger partial charge >= 0.3 is 6.03 Å². The summed E-state index contributed by atoms with van der Waals surface area (Å²) in [5.74, 6) is 1.03. The molecule has 11 heteroatoms. The molecule has 2 aromatic carbocycles. The fraction of sp³-hybridized carbons (Fsp3) is 0.290. The first-order valence-electron chi connectivity index (χ1n) is 13.9. The third kappa shape index (κ3) is 5.40. The lowest BCUT2D eigenvalue weighted by Gasteiger charge is -2.29. The summed E-state index contributed by atoms with van der Waals surface area (Å²) in [7, 11) is 3.68. The molecule has 0 bridgehead atoms. The van der Waals surface area contributed by atoms with E-state index < -0.39 is 0 Å². The summed E-state index contributed by atoms with van der Waals surface area (Å²) in [6, 6.07) is 16.2. The molecule has 4 amide bonds. The molecule has 216 valence electrons. The number of hydrogen-bond donors (Lipinski definition) is 3. The summed E-state index contributed by atoms with van der Waals surface area (Å²) in [6.45, 7) is 2.22. The number of rotatable bonds is 8. The summed E-state index contributed by atoms with van der Waals surface area (Å²) in [6.07, 6.45) is 4.13. The van der Waals surface area contributed by atoms with Crippen LogP contribution in [-0.4, -0.2) is 60.5 Å². The van der Waals surface area contributed by atoms with E-state index in [1.165, 1.54) is 11.3 Å². The first-order valence-corrected chi connectivity index (χ1v) is 14.7. The van der Waals surface area contributed by atoms with Gasteiger partial charge in [0.25, 0.3) is 5.91 Å². The molecule has 2 aliphatic rings. The Kier molecular flexibility index (Phi) is 7.53. The number of para-hydroxylation sites is 1. The molecule has 1 unspecified atom stereocenters. The molecule has 0 spiro atoms. The maximum absolute atomic E-state index is 13.6. The Labute approximate surface area is 247 Å². The van der Waals surface area contributed by atoms with Crippen LogP contribution in [0.1, 0.15) is 34.5 Å². The Bertz CT molecular complexity index is 1670. The molecule has 10 nitrogen and oxygen atoms in total. The van der Waals surface area contributed by atoms with Gasteiger partial charge in [-0.25, -0.2) is 9.78 Å². The number of nitrogens with zero attached hydrogens (tertiary/aromatic N) is 3. The van der Waals surface area contributed by atoms with Crippen LogP contribution in [0.25, 0.3) is 10.2 Å². The zero-order chi connectivity index (χ0) is 29.4. The van der Waals surface area contributed by atoms with Crippen LogP contribution in [0.3, 0.4) is 0 Å².